The molecule has 1 aromatic carbocycles. The van der Waals surface area contributed by atoms with E-state index < -0.39 is 5.60 Å². The number of nitrogens with one attached hydrogen (secondary N) is 1. The number of amides is 2. The van der Waals surface area contributed by atoms with Crippen LogP contribution in [0.3, 0.4) is 0 Å². The van der Waals surface area contributed by atoms with Gasteiger partial charge in [0.05, 0.1) is 6.54 Å². The van der Waals surface area contributed by atoms with Gasteiger partial charge in [-0.1, -0.05) is 35.5 Å². The van der Waals surface area contributed by atoms with Crippen LogP contribution in [-0.4, -0.2) is 40.7 Å². The molecule has 0 spiro atoms. The zero-order chi connectivity index (χ0) is 21.0. The van der Waals surface area contributed by atoms with E-state index in [1.54, 1.807) is 4.90 Å². The monoisotopic (exact) mass is 397 g/mol. The first-order valence-electron chi connectivity index (χ1n) is 9.69. The molecule has 1 aliphatic rings. The third-order valence-corrected chi connectivity index (χ3v) is 4.48. The molecule has 2 amide bonds. The van der Waals surface area contributed by atoms with Gasteiger partial charge in [-0.05, 0) is 38.3 Å². The summed E-state index contributed by atoms with van der Waals surface area (Å²) in [5, 5.41) is 6.75. The average molecular weight is 397 g/mol. The second kappa shape index (κ2) is 8.51. The summed E-state index contributed by atoms with van der Waals surface area (Å²) in [6.45, 7) is 8.57. The summed E-state index contributed by atoms with van der Waals surface area (Å²) in [6, 6.07) is 9.91. The second-order valence-corrected chi connectivity index (χ2v) is 8.07. The van der Waals surface area contributed by atoms with Crippen LogP contribution < -0.4 is 5.32 Å². The van der Waals surface area contributed by atoms with Crippen molar-refractivity contribution in [3.63, 3.8) is 0 Å². The van der Waals surface area contributed by atoms with Crippen LogP contribution in [0.25, 0.3) is 16.8 Å². The zero-order valence-electron chi connectivity index (χ0n) is 17.3. The van der Waals surface area contributed by atoms with E-state index in [-0.39, 0.29) is 12.0 Å². The molecule has 0 atom stereocenters. The summed E-state index contributed by atoms with van der Waals surface area (Å²) < 4.78 is 10.7. The highest BCUT2D eigenvalue weighted by atomic mass is 16.6. The van der Waals surface area contributed by atoms with Crippen molar-refractivity contribution in [2.24, 2.45) is 0 Å². The molecule has 0 aliphatic carbocycles. The van der Waals surface area contributed by atoms with E-state index in [0.29, 0.717) is 25.4 Å². The molecule has 7 nitrogen and oxygen atoms in total. The Kier molecular flexibility index (Phi) is 6.06. The smallest absolute Gasteiger partial charge is 0.410 e. The first kappa shape index (κ1) is 20.6. The molecule has 0 bridgehead atoms. The van der Waals surface area contributed by atoms with Crippen molar-refractivity contribution < 1.29 is 18.8 Å². The highest BCUT2D eigenvalue weighted by Crippen LogP contribution is 2.26. The molecular formula is C22H27N3O4. The Morgan fingerprint density at radius 2 is 1.90 bits per heavy atom. The van der Waals surface area contributed by atoms with Crippen molar-refractivity contribution in [1.29, 1.82) is 0 Å². The maximum Gasteiger partial charge on any atom is 0.410 e. The van der Waals surface area contributed by atoms with Crippen LogP contribution >= 0.6 is 0 Å². The number of hydrogen-bond acceptors (Lipinski definition) is 5. The molecule has 3 rings (SSSR count). The van der Waals surface area contributed by atoms with Crippen molar-refractivity contribution in [3.05, 3.63) is 47.7 Å². The predicted molar refractivity (Wildman–Crippen MR) is 110 cm³/mol. The van der Waals surface area contributed by atoms with Gasteiger partial charge < -0.3 is 19.5 Å². The first-order chi connectivity index (χ1) is 13.7. The largest absolute Gasteiger partial charge is 0.444 e. The Labute approximate surface area is 170 Å². The van der Waals surface area contributed by atoms with Crippen LogP contribution in [0.5, 0.6) is 0 Å². The summed E-state index contributed by atoms with van der Waals surface area (Å²) in [5.41, 5.74) is 3.52. The summed E-state index contributed by atoms with van der Waals surface area (Å²) in [5.74, 6) is 0.495. The summed E-state index contributed by atoms with van der Waals surface area (Å²) in [4.78, 5) is 24.9. The molecule has 0 saturated heterocycles. The number of rotatable bonds is 4. The van der Waals surface area contributed by atoms with Gasteiger partial charge in [-0.3, -0.25) is 4.79 Å². The van der Waals surface area contributed by atoms with Gasteiger partial charge in [0, 0.05) is 31.6 Å². The normalized spacial score (nSPS) is 14.3. The Bertz CT molecular complexity index is 907. The van der Waals surface area contributed by atoms with E-state index >= 15 is 0 Å². The minimum atomic E-state index is -0.486. The van der Waals surface area contributed by atoms with Crippen LogP contribution in [0.2, 0.25) is 0 Å². The number of hydrogen-bond donors (Lipinski definition) is 1. The van der Waals surface area contributed by atoms with Crippen LogP contribution in [0.15, 0.2) is 40.9 Å². The Morgan fingerprint density at radius 3 is 2.48 bits per heavy atom. The zero-order valence-corrected chi connectivity index (χ0v) is 17.3. The number of nitrogens with zero attached hydrogens (tertiary/aromatic N) is 2. The molecule has 29 heavy (non-hydrogen) atoms. The van der Waals surface area contributed by atoms with Crippen molar-refractivity contribution in [2.75, 3.05) is 13.1 Å². The summed E-state index contributed by atoms with van der Waals surface area (Å²) in [7, 11) is 0. The standard InChI is InChI=1S/C22H27N3O4/c1-15(26)23-14-19-13-20(24-29-19)18-7-5-16(6-8-18)17-9-11-25(12-10-17)21(27)28-22(2,3)4/h5-9,13H,10-12,14H2,1-4H3,(H,23,26). The Balaban J connectivity index is 1.62. The summed E-state index contributed by atoms with van der Waals surface area (Å²) >= 11 is 0. The highest BCUT2D eigenvalue weighted by molar-refractivity contribution is 5.74. The highest BCUT2D eigenvalue weighted by Gasteiger charge is 2.23. The first-order valence-corrected chi connectivity index (χ1v) is 9.69. The average Bonchev–Trinajstić information content (AvgIpc) is 3.14. The Hall–Kier alpha value is -3.09. The molecular weight excluding hydrogens is 370 g/mol. The molecule has 0 radical (unpaired) electrons. The molecule has 154 valence electrons. The predicted octanol–water partition coefficient (Wildman–Crippen LogP) is 4.00. The van der Waals surface area contributed by atoms with E-state index in [4.69, 9.17) is 9.26 Å². The lowest BCUT2D eigenvalue weighted by Gasteiger charge is -2.29. The molecule has 1 aromatic heterocycles. The maximum atomic E-state index is 12.2. The number of carbonyl (C=O) groups is 2. The van der Waals surface area contributed by atoms with Gasteiger partial charge in [0.15, 0.2) is 5.76 Å². The quantitative estimate of drug-likeness (QED) is 0.843. The van der Waals surface area contributed by atoms with Gasteiger partial charge in [0.2, 0.25) is 5.91 Å². The fourth-order valence-corrected chi connectivity index (χ4v) is 3.02. The van der Waals surface area contributed by atoms with Crippen molar-refractivity contribution in [2.45, 2.75) is 46.3 Å². The lowest BCUT2D eigenvalue weighted by molar-refractivity contribution is -0.119. The third-order valence-electron chi connectivity index (χ3n) is 4.48. The molecule has 7 heteroatoms. The van der Waals surface area contributed by atoms with Crippen LogP contribution in [0.1, 0.15) is 45.4 Å². The number of ether oxygens (including phenoxy) is 1. The van der Waals surface area contributed by atoms with E-state index in [0.717, 1.165) is 23.2 Å². The molecule has 1 N–H and O–H groups in total. The topological polar surface area (TPSA) is 84.7 Å². The van der Waals surface area contributed by atoms with Crippen molar-refractivity contribution >= 4 is 17.6 Å². The summed E-state index contributed by atoms with van der Waals surface area (Å²) in [6.07, 6.45) is 2.58. The number of aromatic nitrogens is 1. The minimum Gasteiger partial charge on any atom is -0.444 e. The molecule has 0 saturated carbocycles. The van der Waals surface area contributed by atoms with Gasteiger partial charge in [0.25, 0.3) is 0 Å². The third kappa shape index (κ3) is 5.70. The Morgan fingerprint density at radius 1 is 1.21 bits per heavy atom. The van der Waals surface area contributed by atoms with Gasteiger partial charge >= 0.3 is 6.09 Å². The van der Waals surface area contributed by atoms with Crippen LogP contribution in [0.4, 0.5) is 4.79 Å². The maximum absolute atomic E-state index is 12.2. The molecule has 2 aromatic rings. The number of carbonyl (C=O) groups excluding carboxylic acids is 2. The van der Waals surface area contributed by atoms with E-state index in [1.165, 1.54) is 12.5 Å². The van der Waals surface area contributed by atoms with E-state index in [2.05, 4.69) is 16.5 Å². The fourth-order valence-electron chi connectivity index (χ4n) is 3.02. The second-order valence-electron chi connectivity index (χ2n) is 8.07. The molecule has 2 heterocycles. The number of benzene rings is 1. The van der Waals surface area contributed by atoms with Gasteiger partial charge in [-0.25, -0.2) is 4.79 Å². The van der Waals surface area contributed by atoms with Crippen LogP contribution in [0, 0.1) is 0 Å². The molecule has 1 aliphatic heterocycles. The van der Waals surface area contributed by atoms with Crippen molar-refractivity contribution in [1.82, 2.24) is 15.4 Å². The fraction of sp³-hybridized carbons (Fsp3) is 0.409. The van der Waals surface area contributed by atoms with Crippen molar-refractivity contribution in [3.8, 4) is 11.3 Å². The van der Waals surface area contributed by atoms with Gasteiger partial charge in [0.1, 0.15) is 11.3 Å². The lowest BCUT2D eigenvalue weighted by Crippen LogP contribution is -2.39. The van der Waals surface area contributed by atoms with Gasteiger partial charge in [-0.2, -0.15) is 0 Å². The van der Waals surface area contributed by atoms with E-state index in [1.807, 2.05) is 51.1 Å². The van der Waals surface area contributed by atoms with E-state index in [9.17, 15) is 9.59 Å². The molecule has 0 fully saturated rings. The molecule has 0 unspecified atom stereocenters. The SMILES string of the molecule is CC(=O)NCc1cc(-c2ccc(C3=CCN(C(=O)OC(C)(C)C)CC3)cc2)no1. The minimum absolute atomic E-state index is 0.113. The lowest BCUT2D eigenvalue weighted by atomic mass is 9.98. The van der Waals surface area contributed by atoms with Gasteiger partial charge in [-0.15, -0.1) is 0 Å². The van der Waals surface area contributed by atoms with Crippen LogP contribution in [-0.2, 0) is 16.1 Å².